The topological polar surface area (TPSA) is 72.2 Å². The molecule has 5 heteroatoms. The van der Waals surface area contributed by atoms with E-state index in [9.17, 15) is 8.42 Å². The monoisotopic (exact) mass is 284 g/mol. The summed E-state index contributed by atoms with van der Waals surface area (Å²) < 4.78 is 26.9. The Balaban J connectivity index is 2.52. The summed E-state index contributed by atoms with van der Waals surface area (Å²) in [6, 6.07) is 6.21. The molecule has 0 saturated carbocycles. The van der Waals surface area contributed by atoms with E-state index in [2.05, 4.69) is 11.6 Å². The van der Waals surface area contributed by atoms with Crippen molar-refractivity contribution in [3.05, 3.63) is 24.3 Å². The van der Waals surface area contributed by atoms with E-state index in [4.69, 9.17) is 5.73 Å². The molecule has 0 fully saturated rings. The SMILES string of the molecule is CCCCCCC(C)NS(=O)(=O)c1ccc(N)cc1. The number of hydrogen-bond donors (Lipinski definition) is 2. The van der Waals surface area contributed by atoms with E-state index in [1.54, 1.807) is 12.1 Å². The van der Waals surface area contributed by atoms with Crippen LogP contribution in [0.4, 0.5) is 5.69 Å². The maximum Gasteiger partial charge on any atom is 0.240 e. The van der Waals surface area contributed by atoms with E-state index in [1.807, 2.05) is 6.92 Å². The average Bonchev–Trinajstić information content (AvgIpc) is 2.34. The van der Waals surface area contributed by atoms with E-state index in [0.717, 1.165) is 19.3 Å². The molecule has 0 spiro atoms. The molecule has 1 aromatic rings. The smallest absolute Gasteiger partial charge is 0.240 e. The molecule has 0 heterocycles. The minimum atomic E-state index is -3.42. The van der Waals surface area contributed by atoms with Gasteiger partial charge in [-0.15, -0.1) is 0 Å². The molecular formula is C14H24N2O2S. The molecule has 1 unspecified atom stereocenters. The van der Waals surface area contributed by atoms with Crippen molar-refractivity contribution in [2.24, 2.45) is 0 Å². The van der Waals surface area contributed by atoms with Gasteiger partial charge in [0.2, 0.25) is 10.0 Å². The molecule has 1 atom stereocenters. The Hall–Kier alpha value is -1.07. The summed E-state index contributed by atoms with van der Waals surface area (Å²) in [5.41, 5.74) is 6.11. The van der Waals surface area contributed by atoms with Crippen molar-refractivity contribution in [3.8, 4) is 0 Å². The fourth-order valence-electron chi connectivity index (χ4n) is 1.92. The van der Waals surface area contributed by atoms with E-state index >= 15 is 0 Å². The number of sulfonamides is 1. The molecule has 108 valence electrons. The van der Waals surface area contributed by atoms with Crippen LogP contribution >= 0.6 is 0 Å². The third-order valence-corrected chi connectivity index (χ3v) is 4.64. The van der Waals surface area contributed by atoms with Crippen molar-refractivity contribution in [1.29, 1.82) is 0 Å². The average molecular weight is 284 g/mol. The first-order valence-corrected chi connectivity index (χ1v) is 8.32. The number of benzene rings is 1. The Morgan fingerprint density at radius 1 is 1.16 bits per heavy atom. The summed E-state index contributed by atoms with van der Waals surface area (Å²) in [4.78, 5) is 0.266. The zero-order chi connectivity index (χ0) is 14.3. The van der Waals surface area contributed by atoms with E-state index < -0.39 is 10.0 Å². The van der Waals surface area contributed by atoms with Crippen molar-refractivity contribution < 1.29 is 8.42 Å². The van der Waals surface area contributed by atoms with E-state index in [0.29, 0.717) is 5.69 Å². The normalized spacial score (nSPS) is 13.4. The fraction of sp³-hybridized carbons (Fsp3) is 0.571. The van der Waals surface area contributed by atoms with Crippen molar-refractivity contribution >= 4 is 15.7 Å². The third kappa shape index (κ3) is 5.61. The molecule has 4 nitrogen and oxygen atoms in total. The molecule has 0 aliphatic carbocycles. The highest BCUT2D eigenvalue weighted by molar-refractivity contribution is 7.89. The lowest BCUT2D eigenvalue weighted by Crippen LogP contribution is -2.32. The van der Waals surface area contributed by atoms with Crippen LogP contribution in [0.25, 0.3) is 0 Å². The Bertz CT molecular complexity index is 469. The van der Waals surface area contributed by atoms with Gasteiger partial charge in [0.25, 0.3) is 0 Å². The first kappa shape index (κ1) is 16.0. The lowest BCUT2D eigenvalue weighted by atomic mass is 10.1. The maximum atomic E-state index is 12.1. The van der Waals surface area contributed by atoms with Crippen LogP contribution in [0.2, 0.25) is 0 Å². The van der Waals surface area contributed by atoms with Crippen LogP contribution in [-0.2, 0) is 10.0 Å². The molecule has 1 aromatic carbocycles. The summed E-state index contributed by atoms with van der Waals surface area (Å²) in [5.74, 6) is 0. The lowest BCUT2D eigenvalue weighted by molar-refractivity contribution is 0.522. The Morgan fingerprint density at radius 2 is 1.79 bits per heavy atom. The standard InChI is InChI=1S/C14H24N2O2S/c1-3-4-5-6-7-12(2)16-19(17,18)14-10-8-13(15)9-11-14/h8-12,16H,3-7,15H2,1-2H3. The summed E-state index contributed by atoms with van der Waals surface area (Å²) in [6.45, 7) is 4.06. The van der Waals surface area contributed by atoms with Gasteiger partial charge < -0.3 is 5.73 Å². The number of rotatable bonds is 8. The van der Waals surface area contributed by atoms with Gasteiger partial charge >= 0.3 is 0 Å². The Kier molecular flexibility index (Phi) is 6.31. The number of unbranched alkanes of at least 4 members (excludes halogenated alkanes) is 3. The van der Waals surface area contributed by atoms with Crippen LogP contribution in [0.15, 0.2) is 29.2 Å². The number of nitrogens with one attached hydrogen (secondary N) is 1. The summed E-state index contributed by atoms with van der Waals surface area (Å²) >= 11 is 0. The number of nitrogens with two attached hydrogens (primary N) is 1. The second kappa shape index (κ2) is 7.50. The lowest BCUT2D eigenvalue weighted by Gasteiger charge is -2.14. The quantitative estimate of drug-likeness (QED) is 0.569. The fourth-order valence-corrected chi connectivity index (χ4v) is 3.19. The van der Waals surface area contributed by atoms with Gasteiger partial charge in [0.15, 0.2) is 0 Å². The van der Waals surface area contributed by atoms with Crippen LogP contribution in [-0.4, -0.2) is 14.5 Å². The van der Waals surface area contributed by atoms with Crippen molar-refractivity contribution in [2.45, 2.75) is 56.9 Å². The van der Waals surface area contributed by atoms with Gasteiger partial charge in [-0.3, -0.25) is 0 Å². The van der Waals surface area contributed by atoms with Crippen LogP contribution in [0.3, 0.4) is 0 Å². The summed E-state index contributed by atoms with van der Waals surface area (Å²) in [5, 5.41) is 0. The van der Waals surface area contributed by atoms with E-state index in [1.165, 1.54) is 25.0 Å². The molecule has 0 bridgehead atoms. The first-order chi connectivity index (χ1) is 8.95. The second-order valence-electron chi connectivity index (χ2n) is 4.94. The molecule has 1 rings (SSSR count). The molecule has 0 amide bonds. The molecule has 19 heavy (non-hydrogen) atoms. The predicted octanol–water partition coefficient (Wildman–Crippen LogP) is 2.91. The molecule has 3 N–H and O–H groups in total. The highest BCUT2D eigenvalue weighted by Gasteiger charge is 2.16. The predicted molar refractivity (Wildman–Crippen MR) is 79.4 cm³/mol. The largest absolute Gasteiger partial charge is 0.399 e. The molecule has 0 saturated heterocycles. The van der Waals surface area contributed by atoms with Crippen LogP contribution in [0, 0.1) is 0 Å². The maximum absolute atomic E-state index is 12.1. The highest BCUT2D eigenvalue weighted by Crippen LogP contribution is 2.13. The van der Waals surface area contributed by atoms with Gasteiger partial charge in [0, 0.05) is 11.7 Å². The minimum Gasteiger partial charge on any atom is -0.399 e. The van der Waals surface area contributed by atoms with Crippen molar-refractivity contribution in [3.63, 3.8) is 0 Å². The van der Waals surface area contributed by atoms with Gasteiger partial charge in [-0.1, -0.05) is 32.6 Å². The second-order valence-corrected chi connectivity index (χ2v) is 6.65. The molecule has 0 radical (unpaired) electrons. The van der Waals surface area contributed by atoms with Crippen molar-refractivity contribution in [1.82, 2.24) is 4.72 Å². The van der Waals surface area contributed by atoms with Gasteiger partial charge in [0.05, 0.1) is 4.90 Å². The van der Waals surface area contributed by atoms with E-state index in [-0.39, 0.29) is 10.9 Å². The molecule has 0 aliphatic rings. The van der Waals surface area contributed by atoms with Gasteiger partial charge in [-0.2, -0.15) is 0 Å². The summed E-state index contributed by atoms with van der Waals surface area (Å²) in [7, 11) is -3.42. The Morgan fingerprint density at radius 3 is 2.37 bits per heavy atom. The highest BCUT2D eigenvalue weighted by atomic mass is 32.2. The number of nitrogen functional groups attached to an aromatic ring is 1. The molecular weight excluding hydrogens is 260 g/mol. The number of hydrogen-bond acceptors (Lipinski definition) is 3. The van der Waals surface area contributed by atoms with Gasteiger partial charge in [-0.05, 0) is 37.6 Å². The Labute approximate surface area is 116 Å². The van der Waals surface area contributed by atoms with Crippen LogP contribution in [0.5, 0.6) is 0 Å². The zero-order valence-corrected chi connectivity index (χ0v) is 12.5. The first-order valence-electron chi connectivity index (χ1n) is 6.83. The summed E-state index contributed by atoms with van der Waals surface area (Å²) in [6.07, 6.45) is 5.47. The molecule has 0 aliphatic heterocycles. The third-order valence-electron chi connectivity index (χ3n) is 3.04. The van der Waals surface area contributed by atoms with Crippen LogP contribution in [0.1, 0.15) is 46.0 Å². The van der Waals surface area contributed by atoms with Crippen LogP contribution < -0.4 is 10.5 Å². The zero-order valence-electron chi connectivity index (χ0n) is 11.7. The number of anilines is 1. The van der Waals surface area contributed by atoms with Gasteiger partial charge in [-0.25, -0.2) is 13.1 Å². The van der Waals surface area contributed by atoms with Crippen molar-refractivity contribution in [2.75, 3.05) is 5.73 Å². The van der Waals surface area contributed by atoms with Gasteiger partial charge in [0.1, 0.15) is 0 Å². The minimum absolute atomic E-state index is 0.0422. The molecule has 0 aromatic heterocycles.